The summed E-state index contributed by atoms with van der Waals surface area (Å²) in [5.41, 5.74) is 6.79. The van der Waals surface area contributed by atoms with E-state index in [-0.39, 0.29) is 23.7 Å². The quantitative estimate of drug-likeness (QED) is 0.651. The zero-order valence-corrected chi connectivity index (χ0v) is 18.0. The van der Waals surface area contributed by atoms with Crippen LogP contribution in [0.2, 0.25) is 0 Å². The zero-order valence-electron chi connectivity index (χ0n) is 18.0. The molecule has 0 unspecified atom stereocenters. The van der Waals surface area contributed by atoms with Crippen LogP contribution in [0.4, 0.5) is 16.4 Å². The number of benzene rings is 1. The van der Waals surface area contributed by atoms with E-state index in [9.17, 15) is 9.59 Å². The van der Waals surface area contributed by atoms with Crippen molar-refractivity contribution in [3.05, 3.63) is 48.3 Å². The third-order valence-electron chi connectivity index (χ3n) is 6.65. The van der Waals surface area contributed by atoms with E-state index in [0.29, 0.717) is 18.2 Å². The van der Waals surface area contributed by atoms with Gasteiger partial charge >= 0.3 is 6.03 Å². The largest absolute Gasteiger partial charge is 0.368 e. The minimum absolute atomic E-state index is 0.0263. The van der Waals surface area contributed by atoms with Crippen LogP contribution in [0.1, 0.15) is 31.2 Å². The number of anilines is 2. The van der Waals surface area contributed by atoms with Crippen LogP contribution >= 0.6 is 0 Å². The van der Waals surface area contributed by atoms with Gasteiger partial charge in [0.2, 0.25) is 11.9 Å². The summed E-state index contributed by atoms with van der Waals surface area (Å²) >= 11 is 0. The molecule has 9 nitrogen and oxygen atoms in total. The summed E-state index contributed by atoms with van der Waals surface area (Å²) in [6.45, 7) is 0.545. The van der Waals surface area contributed by atoms with Crippen molar-refractivity contribution >= 4 is 23.6 Å². The summed E-state index contributed by atoms with van der Waals surface area (Å²) in [6.07, 6.45) is 6.88. The Morgan fingerprint density at radius 1 is 1.16 bits per heavy atom. The van der Waals surface area contributed by atoms with E-state index < -0.39 is 5.91 Å². The van der Waals surface area contributed by atoms with Crippen LogP contribution in [0.3, 0.4) is 0 Å². The Hall–Kier alpha value is -3.20. The SMILES string of the molecule is CN(C)[C@]1(c2ccccc2)CC[C@]2(CC1)CN(c1cnc(NCC(N)=O)nc1)C(=O)N2. The van der Waals surface area contributed by atoms with Crippen LogP contribution in [0.5, 0.6) is 0 Å². The highest BCUT2D eigenvalue weighted by Crippen LogP contribution is 2.46. The molecule has 1 saturated heterocycles. The van der Waals surface area contributed by atoms with Crippen molar-refractivity contribution in [2.75, 3.05) is 37.4 Å². The number of aromatic nitrogens is 2. The molecular weight excluding hydrogens is 394 g/mol. The number of carbonyl (C=O) groups excluding carboxylic acids is 2. The van der Waals surface area contributed by atoms with Crippen molar-refractivity contribution in [1.29, 1.82) is 0 Å². The Morgan fingerprint density at radius 3 is 2.39 bits per heavy atom. The van der Waals surface area contributed by atoms with Gasteiger partial charge in [-0.1, -0.05) is 30.3 Å². The van der Waals surface area contributed by atoms with Gasteiger partial charge in [0, 0.05) is 5.54 Å². The molecule has 0 radical (unpaired) electrons. The summed E-state index contributed by atoms with van der Waals surface area (Å²) in [4.78, 5) is 36.1. The summed E-state index contributed by atoms with van der Waals surface area (Å²) in [5.74, 6) is -0.191. The number of primary amides is 1. The van der Waals surface area contributed by atoms with E-state index >= 15 is 0 Å². The molecule has 1 spiro atoms. The van der Waals surface area contributed by atoms with E-state index in [1.165, 1.54) is 5.56 Å². The van der Waals surface area contributed by atoms with Crippen LogP contribution < -0.4 is 21.3 Å². The summed E-state index contributed by atoms with van der Waals surface area (Å²) < 4.78 is 0. The molecule has 1 saturated carbocycles. The lowest BCUT2D eigenvalue weighted by molar-refractivity contribution is -0.116. The number of nitrogens with two attached hydrogens (primary N) is 1. The molecule has 3 amide bonds. The van der Waals surface area contributed by atoms with Gasteiger partial charge < -0.3 is 16.4 Å². The number of hydrogen-bond acceptors (Lipinski definition) is 6. The minimum atomic E-state index is -0.491. The van der Waals surface area contributed by atoms with Gasteiger partial charge in [0.05, 0.1) is 36.7 Å². The van der Waals surface area contributed by atoms with Crippen molar-refractivity contribution in [2.24, 2.45) is 5.73 Å². The fourth-order valence-corrected chi connectivity index (χ4v) is 4.80. The number of nitrogens with zero attached hydrogens (tertiary/aromatic N) is 4. The maximum Gasteiger partial charge on any atom is 0.322 e. The minimum Gasteiger partial charge on any atom is -0.368 e. The second-order valence-electron chi connectivity index (χ2n) is 8.67. The highest BCUT2D eigenvalue weighted by Gasteiger charge is 2.50. The standard InChI is InChI=1S/C22H29N7O2/c1-28(2)22(16-6-4-3-5-7-16)10-8-21(9-11-22)15-29(20(31)27-21)17-12-24-19(25-13-17)26-14-18(23)30/h3-7,12-13H,8-11,14-15H2,1-2H3,(H2,23,30)(H,27,31)(H,24,25,26)/t21-,22+. The first kappa shape index (κ1) is 21.0. The van der Waals surface area contributed by atoms with E-state index in [1.807, 2.05) is 6.07 Å². The Bertz CT molecular complexity index is 938. The lowest BCUT2D eigenvalue weighted by Crippen LogP contribution is -2.54. The molecule has 9 heteroatoms. The second kappa shape index (κ2) is 8.14. The van der Waals surface area contributed by atoms with Gasteiger partial charge in [-0.15, -0.1) is 0 Å². The number of nitrogens with one attached hydrogen (secondary N) is 2. The zero-order chi connectivity index (χ0) is 22.1. The van der Waals surface area contributed by atoms with Crippen molar-refractivity contribution in [3.63, 3.8) is 0 Å². The van der Waals surface area contributed by atoms with E-state index in [2.05, 4.69) is 63.9 Å². The summed E-state index contributed by atoms with van der Waals surface area (Å²) in [7, 11) is 4.27. The monoisotopic (exact) mass is 423 g/mol. The number of urea groups is 1. The summed E-state index contributed by atoms with van der Waals surface area (Å²) in [5, 5.41) is 5.98. The van der Waals surface area contributed by atoms with E-state index in [4.69, 9.17) is 5.73 Å². The van der Waals surface area contributed by atoms with Gasteiger partial charge in [-0.2, -0.15) is 0 Å². The van der Waals surface area contributed by atoms with Crippen LogP contribution in [0.25, 0.3) is 0 Å². The topological polar surface area (TPSA) is 116 Å². The molecule has 1 aromatic heterocycles. The fourth-order valence-electron chi connectivity index (χ4n) is 4.80. The normalized spacial score (nSPS) is 25.6. The molecule has 1 aliphatic carbocycles. The predicted octanol–water partition coefficient (Wildman–Crippen LogP) is 1.67. The Kier molecular flexibility index (Phi) is 5.53. The van der Waals surface area contributed by atoms with Gasteiger partial charge in [-0.3, -0.25) is 14.6 Å². The first-order valence-electron chi connectivity index (χ1n) is 10.5. The maximum atomic E-state index is 12.8. The molecule has 31 heavy (non-hydrogen) atoms. The molecule has 1 aliphatic heterocycles. The lowest BCUT2D eigenvalue weighted by atomic mass is 9.69. The number of carbonyl (C=O) groups is 2. The van der Waals surface area contributed by atoms with Gasteiger partial charge in [-0.05, 0) is 45.3 Å². The van der Waals surface area contributed by atoms with E-state index in [0.717, 1.165) is 25.7 Å². The highest BCUT2D eigenvalue weighted by atomic mass is 16.2. The molecule has 0 atom stereocenters. The van der Waals surface area contributed by atoms with Crippen LogP contribution in [-0.2, 0) is 10.3 Å². The molecule has 2 fully saturated rings. The predicted molar refractivity (Wildman–Crippen MR) is 119 cm³/mol. The van der Waals surface area contributed by atoms with Gasteiger partial charge in [0.25, 0.3) is 0 Å². The molecule has 2 aromatic rings. The fraction of sp³-hybridized carbons (Fsp3) is 0.455. The van der Waals surface area contributed by atoms with Gasteiger partial charge in [-0.25, -0.2) is 14.8 Å². The molecule has 4 N–H and O–H groups in total. The smallest absolute Gasteiger partial charge is 0.322 e. The number of amides is 3. The Morgan fingerprint density at radius 2 is 1.81 bits per heavy atom. The van der Waals surface area contributed by atoms with Crippen LogP contribution in [0.15, 0.2) is 42.7 Å². The average Bonchev–Trinajstić information content (AvgIpc) is 3.09. The highest BCUT2D eigenvalue weighted by molar-refractivity contribution is 5.95. The van der Waals surface area contributed by atoms with Crippen molar-refractivity contribution in [1.82, 2.24) is 20.2 Å². The van der Waals surface area contributed by atoms with Crippen LogP contribution in [0, 0.1) is 0 Å². The lowest BCUT2D eigenvalue weighted by Gasteiger charge is -2.48. The second-order valence-corrected chi connectivity index (χ2v) is 8.67. The van der Waals surface area contributed by atoms with Crippen molar-refractivity contribution in [3.8, 4) is 0 Å². The maximum absolute atomic E-state index is 12.8. The molecule has 2 aliphatic rings. The van der Waals surface area contributed by atoms with Gasteiger partial charge in [0.15, 0.2) is 0 Å². The number of hydrogen-bond donors (Lipinski definition) is 3. The third-order valence-corrected chi connectivity index (χ3v) is 6.65. The summed E-state index contributed by atoms with van der Waals surface area (Å²) in [6, 6.07) is 10.5. The van der Waals surface area contributed by atoms with Crippen molar-refractivity contribution in [2.45, 2.75) is 36.8 Å². The Balaban J connectivity index is 1.46. The molecule has 2 heterocycles. The van der Waals surface area contributed by atoms with Crippen LogP contribution in [-0.4, -0.2) is 59.5 Å². The van der Waals surface area contributed by atoms with Gasteiger partial charge in [0.1, 0.15) is 0 Å². The van der Waals surface area contributed by atoms with Crippen molar-refractivity contribution < 1.29 is 9.59 Å². The third kappa shape index (κ3) is 4.05. The first-order valence-corrected chi connectivity index (χ1v) is 10.5. The molecular formula is C22H29N7O2. The number of rotatable bonds is 6. The first-order chi connectivity index (χ1) is 14.8. The molecule has 164 valence electrons. The molecule has 1 aromatic carbocycles. The molecule has 4 rings (SSSR count). The molecule has 0 bridgehead atoms. The van der Waals surface area contributed by atoms with E-state index in [1.54, 1.807) is 17.3 Å². The average molecular weight is 424 g/mol. The Labute approximate surface area is 182 Å².